The lowest BCUT2D eigenvalue weighted by molar-refractivity contribution is 0.00988. The number of hydrogen-bond acceptors (Lipinski definition) is 8. The number of anilines is 1. The van der Waals surface area contributed by atoms with Gasteiger partial charge in [0.05, 0.1) is 47.5 Å². The summed E-state index contributed by atoms with van der Waals surface area (Å²) in [5.41, 5.74) is 4.69. The largest absolute Gasteiger partial charge is 0.378 e. The number of ether oxygens (including phenoxy) is 2. The molecule has 2 fully saturated rings. The van der Waals surface area contributed by atoms with Crippen LogP contribution in [0.5, 0.6) is 0 Å². The molecule has 5 heterocycles. The van der Waals surface area contributed by atoms with Gasteiger partial charge in [-0.2, -0.15) is 0 Å². The average molecular weight is 561 g/mol. The molecule has 0 radical (unpaired) electrons. The van der Waals surface area contributed by atoms with Crippen molar-refractivity contribution in [1.82, 2.24) is 9.97 Å². The summed E-state index contributed by atoms with van der Waals surface area (Å²) >= 11 is 0. The Morgan fingerprint density at radius 2 is 1.93 bits per heavy atom. The normalized spacial score (nSPS) is 23.5. The van der Waals surface area contributed by atoms with E-state index in [0.29, 0.717) is 24.2 Å². The van der Waals surface area contributed by atoms with Crippen molar-refractivity contribution in [2.24, 2.45) is 4.99 Å². The predicted molar refractivity (Wildman–Crippen MR) is 159 cm³/mol. The van der Waals surface area contributed by atoms with Crippen molar-refractivity contribution in [3.63, 3.8) is 0 Å². The number of rotatable bonds is 7. The number of benzene rings is 1. The molecule has 3 aliphatic heterocycles. The Morgan fingerprint density at radius 3 is 2.67 bits per heavy atom. The van der Waals surface area contributed by atoms with Gasteiger partial charge in [0.15, 0.2) is 9.84 Å². The molecule has 0 aliphatic carbocycles. The first-order valence-electron chi connectivity index (χ1n) is 14.2. The van der Waals surface area contributed by atoms with Crippen LogP contribution in [-0.2, 0) is 19.3 Å². The molecule has 3 aliphatic rings. The summed E-state index contributed by atoms with van der Waals surface area (Å²) in [6.07, 6.45) is 12.7. The number of fused-ring (bicyclic) bond motifs is 1. The van der Waals surface area contributed by atoms with Crippen molar-refractivity contribution in [1.29, 1.82) is 0 Å². The highest BCUT2D eigenvalue weighted by atomic mass is 32.2. The summed E-state index contributed by atoms with van der Waals surface area (Å²) < 4.78 is 35.9. The number of allylic oxidation sites excluding steroid dienone is 1. The topological polar surface area (TPSA) is 94.0 Å². The lowest BCUT2D eigenvalue weighted by atomic mass is 9.94. The highest BCUT2D eigenvalue weighted by molar-refractivity contribution is 7.90. The van der Waals surface area contributed by atoms with Gasteiger partial charge >= 0.3 is 0 Å². The minimum Gasteiger partial charge on any atom is -0.378 e. The molecular weight excluding hydrogens is 524 g/mol. The SMILES string of the molecule is C[C@@H]1COCCN1c1cc(-c2ccc(S(C)(=O)=O)cc2)c2ccnc(C3=CC=NC3CCC3CCCCO3)c2n1. The Kier molecular flexibility index (Phi) is 7.70. The van der Waals surface area contributed by atoms with Crippen molar-refractivity contribution in [2.75, 3.05) is 37.5 Å². The maximum atomic E-state index is 12.1. The maximum absolute atomic E-state index is 12.1. The Labute approximate surface area is 236 Å². The molecule has 3 atom stereocenters. The molecule has 2 saturated heterocycles. The fourth-order valence-electron chi connectivity index (χ4n) is 5.95. The molecule has 2 aromatic heterocycles. The number of morpholine rings is 1. The van der Waals surface area contributed by atoms with Crippen LogP contribution in [-0.4, -0.2) is 75.4 Å². The van der Waals surface area contributed by atoms with Gasteiger partial charge in [-0.05, 0) is 80.5 Å². The van der Waals surface area contributed by atoms with Gasteiger partial charge in [0.25, 0.3) is 0 Å². The second-order valence-corrected chi connectivity index (χ2v) is 13.0. The summed E-state index contributed by atoms with van der Waals surface area (Å²) in [7, 11) is -3.29. The van der Waals surface area contributed by atoms with E-state index in [1.807, 2.05) is 30.6 Å². The van der Waals surface area contributed by atoms with E-state index in [-0.39, 0.29) is 12.1 Å². The molecule has 9 heteroatoms. The first-order valence-corrected chi connectivity index (χ1v) is 16.1. The van der Waals surface area contributed by atoms with Crippen molar-refractivity contribution in [3.8, 4) is 11.1 Å². The van der Waals surface area contributed by atoms with E-state index in [0.717, 1.165) is 77.9 Å². The quantitative estimate of drug-likeness (QED) is 0.396. The molecular formula is C31H36N4O4S. The Hall–Kier alpha value is -3.14. The van der Waals surface area contributed by atoms with E-state index < -0.39 is 9.84 Å². The van der Waals surface area contributed by atoms with E-state index in [4.69, 9.17) is 24.4 Å². The molecule has 2 unspecified atom stereocenters. The van der Waals surface area contributed by atoms with Crippen LogP contribution >= 0.6 is 0 Å². The zero-order chi connectivity index (χ0) is 27.7. The average Bonchev–Trinajstić information content (AvgIpc) is 3.44. The number of sulfone groups is 1. The number of pyridine rings is 2. The van der Waals surface area contributed by atoms with Gasteiger partial charge < -0.3 is 14.4 Å². The van der Waals surface area contributed by atoms with Gasteiger partial charge in [0.1, 0.15) is 5.82 Å². The predicted octanol–water partition coefficient (Wildman–Crippen LogP) is 5.11. The summed E-state index contributed by atoms with van der Waals surface area (Å²) in [4.78, 5) is 17.5. The lowest BCUT2D eigenvalue weighted by Crippen LogP contribution is -2.44. The third kappa shape index (κ3) is 5.55. The first kappa shape index (κ1) is 27.1. The summed E-state index contributed by atoms with van der Waals surface area (Å²) in [6.45, 7) is 5.03. The van der Waals surface area contributed by atoms with Crippen LogP contribution in [0, 0.1) is 0 Å². The van der Waals surface area contributed by atoms with Crippen LogP contribution in [0.15, 0.2) is 58.6 Å². The molecule has 210 valence electrons. The smallest absolute Gasteiger partial charge is 0.175 e. The number of nitrogens with zero attached hydrogens (tertiary/aromatic N) is 4. The van der Waals surface area contributed by atoms with Crippen LogP contribution in [0.1, 0.15) is 44.7 Å². The van der Waals surface area contributed by atoms with E-state index in [9.17, 15) is 8.42 Å². The van der Waals surface area contributed by atoms with Crippen molar-refractivity contribution in [2.45, 2.75) is 62.1 Å². The Bertz CT molecular complexity index is 1550. The van der Waals surface area contributed by atoms with Gasteiger partial charge in [-0.1, -0.05) is 12.1 Å². The van der Waals surface area contributed by atoms with E-state index >= 15 is 0 Å². The Balaban J connectivity index is 1.42. The van der Waals surface area contributed by atoms with Gasteiger partial charge in [-0.15, -0.1) is 0 Å². The molecule has 0 N–H and O–H groups in total. The highest BCUT2D eigenvalue weighted by Gasteiger charge is 2.27. The summed E-state index contributed by atoms with van der Waals surface area (Å²) in [5, 5.41) is 0.976. The molecule has 6 rings (SSSR count). The summed E-state index contributed by atoms with van der Waals surface area (Å²) in [5.74, 6) is 0.867. The fraction of sp³-hybridized carbons (Fsp3) is 0.452. The van der Waals surface area contributed by atoms with E-state index in [1.165, 1.54) is 12.7 Å². The second-order valence-electron chi connectivity index (χ2n) is 11.0. The highest BCUT2D eigenvalue weighted by Crippen LogP contribution is 2.37. The molecule has 40 heavy (non-hydrogen) atoms. The lowest BCUT2D eigenvalue weighted by Gasteiger charge is -2.34. The van der Waals surface area contributed by atoms with E-state index in [1.54, 1.807) is 12.1 Å². The standard InChI is InChI=1S/C31H36N4O4S/c1-21-20-38-18-16-35(21)29-19-27(22-6-9-24(10-7-22)40(2,36)37)25-12-15-33-30(31(25)34-29)26-13-14-32-28(26)11-8-23-5-3-4-17-39-23/h6-7,9-10,12-15,19,21,23,28H,3-5,8,11,16-18,20H2,1-2H3/t21-,23?,28?/m1/s1. The maximum Gasteiger partial charge on any atom is 0.175 e. The minimum atomic E-state index is -3.29. The number of aliphatic imine (C=N–C) groups is 1. The van der Waals surface area contributed by atoms with Gasteiger partial charge in [-0.3, -0.25) is 9.98 Å². The minimum absolute atomic E-state index is 0.0221. The second kappa shape index (κ2) is 11.4. The van der Waals surface area contributed by atoms with Crippen LogP contribution < -0.4 is 4.90 Å². The van der Waals surface area contributed by atoms with Crippen molar-refractivity contribution < 1.29 is 17.9 Å². The molecule has 3 aromatic rings. The summed E-state index contributed by atoms with van der Waals surface area (Å²) in [6, 6.07) is 11.4. The molecule has 8 nitrogen and oxygen atoms in total. The third-order valence-corrected chi connectivity index (χ3v) is 9.29. The molecule has 0 saturated carbocycles. The van der Waals surface area contributed by atoms with Gasteiger partial charge in [0, 0.05) is 42.8 Å². The zero-order valence-corrected chi connectivity index (χ0v) is 23.9. The van der Waals surface area contributed by atoms with Gasteiger partial charge in [0.2, 0.25) is 0 Å². The van der Waals surface area contributed by atoms with Crippen LogP contribution in [0.3, 0.4) is 0 Å². The molecule has 0 bridgehead atoms. The van der Waals surface area contributed by atoms with Gasteiger partial charge in [-0.25, -0.2) is 13.4 Å². The van der Waals surface area contributed by atoms with Crippen LogP contribution in [0.25, 0.3) is 27.6 Å². The zero-order valence-electron chi connectivity index (χ0n) is 23.1. The fourth-order valence-corrected chi connectivity index (χ4v) is 6.58. The first-order chi connectivity index (χ1) is 19.4. The van der Waals surface area contributed by atoms with Crippen molar-refractivity contribution >= 4 is 38.3 Å². The van der Waals surface area contributed by atoms with Crippen molar-refractivity contribution in [3.05, 3.63) is 54.4 Å². The van der Waals surface area contributed by atoms with Crippen LogP contribution in [0.2, 0.25) is 0 Å². The molecule has 1 aromatic carbocycles. The number of aromatic nitrogens is 2. The molecule has 0 spiro atoms. The van der Waals surface area contributed by atoms with E-state index in [2.05, 4.69) is 24.0 Å². The molecule has 0 amide bonds. The third-order valence-electron chi connectivity index (χ3n) is 8.16. The Morgan fingerprint density at radius 1 is 1.07 bits per heavy atom. The van der Waals surface area contributed by atoms with Crippen LogP contribution in [0.4, 0.5) is 5.82 Å². The number of hydrogen-bond donors (Lipinski definition) is 0. The monoisotopic (exact) mass is 560 g/mol.